The van der Waals surface area contributed by atoms with Crippen LogP contribution in [0.15, 0.2) is 84.9 Å². The fourth-order valence-electron chi connectivity index (χ4n) is 5.62. The minimum absolute atomic E-state index is 0.0470. The first-order valence-corrected chi connectivity index (χ1v) is 14.0. The number of rotatable bonds is 6. The SMILES string of the molecule is Cc1cc(C)c(C(=O)[PH](C(=O)c2c(C)cc(C)cc2C)(c2ccccc2)c2ccccc2)c(C)c1. The van der Waals surface area contributed by atoms with Gasteiger partial charge in [0.15, 0.2) is 0 Å². The van der Waals surface area contributed by atoms with Gasteiger partial charge < -0.3 is 0 Å². The zero-order valence-corrected chi connectivity index (χ0v) is 22.4. The molecule has 0 spiro atoms. The van der Waals surface area contributed by atoms with E-state index in [4.69, 9.17) is 0 Å². The van der Waals surface area contributed by atoms with Crippen molar-refractivity contribution in [3.8, 4) is 0 Å². The van der Waals surface area contributed by atoms with E-state index in [1.165, 1.54) is 0 Å². The molecule has 0 aliphatic rings. The number of hydrogen-bond donors (Lipinski definition) is 0. The van der Waals surface area contributed by atoms with Crippen molar-refractivity contribution < 1.29 is 9.59 Å². The average Bonchev–Trinajstić information content (AvgIpc) is 2.80. The van der Waals surface area contributed by atoms with Gasteiger partial charge in [0.05, 0.1) is 0 Å². The molecule has 4 rings (SSSR count). The summed E-state index contributed by atoms with van der Waals surface area (Å²) in [6, 6.07) is 27.7. The molecule has 0 heterocycles. The van der Waals surface area contributed by atoms with Crippen molar-refractivity contribution in [1.29, 1.82) is 0 Å². The van der Waals surface area contributed by atoms with Crippen molar-refractivity contribution in [2.24, 2.45) is 0 Å². The van der Waals surface area contributed by atoms with Gasteiger partial charge in [0.2, 0.25) is 0 Å². The number of hydrogen-bond acceptors (Lipinski definition) is 2. The van der Waals surface area contributed by atoms with Crippen LogP contribution >= 0.6 is 7.26 Å². The van der Waals surface area contributed by atoms with Crippen LogP contribution in [-0.2, 0) is 0 Å². The van der Waals surface area contributed by atoms with Crippen LogP contribution in [0, 0.1) is 41.5 Å². The molecular formula is C32H33O2P. The second kappa shape index (κ2) is 9.72. The normalized spacial score (nSPS) is 11.8. The molecule has 0 N–H and O–H groups in total. The molecule has 2 nitrogen and oxygen atoms in total. The third kappa shape index (κ3) is 4.28. The molecule has 4 aromatic carbocycles. The molecule has 4 aromatic rings. The van der Waals surface area contributed by atoms with E-state index in [1.807, 2.05) is 126 Å². The van der Waals surface area contributed by atoms with E-state index in [2.05, 4.69) is 0 Å². The third-order valence-electron chi connectivity index (χ3n) is 6.90. The van der Waals surface area contributed by atoms with Gasteiger partial charge in [-0.05, 0) is 0 Å². The molecule has 0 aromatic heterocycles. The summed E-state index contributed by atoms with van der Waals surface area (Å²) in [5.74, 6) is 0. The first-order chi connectivity index (χ1) is 16.7. The molecule has 0 atom stereocenters. The molecular weight excluding hydrogens is 447 g/mol. The monoisotopic (exact) mass is 480 g/mol. The zero-order chi connectivity index (χ0) is 25.3. The Hall–Kier alpha value is -3.35. The van der Waals surface area contributed by atoms with Gasteiger partial charge in [-0.25, -0.2) is 0 Å². The van der Waals surface area contributed by atoms with E-state index in [1.54, 1.807) is 0 Å². The molecule has 0 aliphatic heterocycles. The van der Waals surface area contributed by atoms with Gasteiger partial charge in [0.25, 0.3) is 0 Å². The summed E-state index contributed by atoms with van der Waals surface area (Å²) in [5.41, 5.74) is 7.14. The van der Waals surface area contributed by atoms with Crippen molar-refractivity contribution in [1.82, 2.24) is 0 Å². The van der Waals surface area contributed by atoms with Crippen LogP contribution in [0.4, 0.5) is 0 Å². The Balaban J connectivity index is 2.15. The van der Waals surface area contributed by atoms with Gasteiger partial charge in [-0.2, -0.15) is 0 Å². The molecule has 0 amide bonds. The van der Waals surface area contributed by atoms with E-state index >= 15 is 0 Å². The number of benzene rings is 4. The fraction of sp³-hybridized carbons (Fsp3) is 0.188. The Morgan fingerprint density at radius 3 is 1.06 bits per heavy atom. The summed E-state index contributed by atoms with van der Waals surface area (Å²) in [4.78, 5) is 29.9. The molecule has 0 saturated carbocycles. The second-order valence-electron chi connectivity index (χ2n) is 9.69. The predicted octanol–water partition coefficient (Wildman–Crippen LogP) is 6.92. The summed E-state index contributed by atoms with van der Waals surface area (Å²) in [6.45, 7) is 12.0. The quantitative estimate of drug-likeness (QED) is 0.281. The standard InChI is InChI=1S/C32H33O2P/c1-21-17-23(3)29(24(4)18-21)31(33)35(27-13-9-7-10-14-27,28-15-11-8-12-16-28)32(34)30-25(5)19-22(2)20-26(30)6/h7-20,35H,1-6H3. The van der Waals surface area contributed by atoms with Gasteiger partial charge in [0, 0.05) is 0 Å². The maximum atomic E-state index is 15.0. The van der Waals surface area contributed by atoms with Gasteiger partial charge in [-0.3, -0.25) is 0 Å². The molecule has 35 heavy (non-hydrogen) atoms. The molecule has 0 aliphatic carbocycles. The minimum atomic E-state index is -3.67. The second-order valence-corrected chi connectivity index (χ2v) is 13.3. The van der Waals surface area contributed by atoms with Gasteiger partial charge in [-0.1, -0.05) is 0 Å². The van der Waals surface area contributed by atoms with Crippen molar-refractivity contribution >= 4 is 28.9 Å². The first kappa shape index (κ1) is 24.8. The van der Waals surface area contributed by atoms with E-state index in [0.29, 0.717) is 11.1 Å². The molecule has 3 heteroatoms. The predicted molar refractivity (Wildman–Crippen MR) is 150 cm³/mol. The van der Waals surface area contributed by atoms with Crippen molar-refractivity contribution in [2.45, 2.75) is 41.5 Å². The number of aryl methyl sites for hydroxylation is 6. The van der Waals surface area contributed by atoms with Crippen molar-refractivity contribution in [3.05, 3.63) is 129 Å². The Morgan fingerprint density at radius 1 is 0.486 bits per heavy atom. The van der Waals surface area contributed by atoms with Crippen LogP contribution in [0.25, 0.3) is 0 Å². The molecule has 0 fully saturated rings. The average molecular weight is 481 g/mol. The fourth-order valence-corrected chi connectivity index (χ4v) is 10.1. The molecule has 178 valence electrons. The summed E-state index contributed by atoms with van der Waals surface area (Å²) in [5, 5.41) is 1.64. The molecule has 0 bridgehead atoms. The molecule has 0 saturated heterocycles. The Bertz CT molecular complexity index is 1260. The first-order valence-electron chi connectivity index (χ1n) is 12.0. The van der Waals surface area contributed by atoms with Crippen LogP contribution in [0.3, 0.4) is 0 Å². The van der Waals surface area contributed by atoms with Gasteiger partial charge >= 0.3 is 209 Å². The molecule has 0 radical (unpaired) electrons. The van der Waals surface area contributed by atoms with E-state index in [9.17, 15) is 9.59 Å². The van der Waals surface area contributed by atoms with Gasteiger partial charge in [-0.15, -0.1) is 0 Å². The van der Waals surface area contributed by atoms with E-state index in [-0.39, 0.29) is 11.0 Å². The summed E-state index contributed by atoms with van der Waals surface area (Å²) in [6.07, 6.45) is 0. The van der Waals surface area contributed by atoms with Crippen LogP contribution in [0.1, 0.15) is 54.1 Å². The third-order valence-corrected chi connectivity index (χ3v) is 11.2. The van der Waals surface area contributed by atoms with Crippen LogP contribution in [0.5, 0.6) is 0 Å². The number of carbonyl (C=O) groups is 2. The zero-order valence-electron chi connectivity index (χ0n) is 21.4. The van der Waals surface area contributed by atoms with Crippen LogP contribution in [0.2, 0.25) is 0 Å². The summed E-state index contributed by atoms with van der Waals surface area (Å²) >= 11 is 0. The Kier molecular flexibility index (Phi) is 6.88. The Morgan fingerprint density at radius 2 is 0.771 bits per heavy atom. The topological polar surface area (TPSA) is 34.1 Å². The van der Waals surface area contributed by atoms with Crippen LogP contribution in [-0.4, -0.2) is 11.0 Å². The van der Waals surface area contributed by atoms with Crippen molar-refractivity contribution in [3.63, 3.8) is 0 Å². The van der Waals surface area contributed by atoms with Gasteiger partial charge in [0.1, 0.15) is 0 Å². The molecule has 0 unspecified atom stereocenters. The summed E-state index contributed by atoms with van der Waals surface area (Å²) in [7, 11) is -3.67. The number of carbonyl (C=O) groups excluding carboxylic acids is 2. The Labute approximate surface area is 209 Å². The van der Waals surface area contributed by atoms with E-state index < -0.39 is 7.26 Å². The van der Waals surface area contributed by atoms with Crippen LogP contribution < -0.4 is 10.6 Å². The van der Waals surface area contributed by atoms with E-state index in [0.717, 1.165) is 44.0 Å². The van der Waals surface area contributed by atoms with Crippen molar-refractivity contribution in [2.75, 3.05) is 0 Å². The maximum absolute atomic E-state index is 15.0. The summed E-state index contributed by atoms with van der Waals surface area (Å²) < 4.78 is 0.